The number of nitrogens with one attached hydrogen (secondary N) is 1. The van der Waals surface area contributed by atoms with E-state index in [0.29, 0.717) is 23.2 Å². The van der Waals surface area contributed by atoms with Crippen molar-refractivity contribution >= 4 is 11.7 Å². The Balaban J connectivity index is 1.60. The lowest BCUT2D eigenvalue weighted by Gasteiger charge is -2.00. The molecule has 0 aromatic carbocycles. The number of carbonyl (C=O) groups excluding carboxylic acids is 1. The first-order valence-corrected chi connectivity index (χ1v) is 7.58. The average molecular weight is 329 g/mol. The SMILES string of the molecule is Cc1cc(NC(=O)Cn2nc(-c3ccco3)n(C3CC3)c2=O)no1. The molecule has 0 saturated heterocycles. The molecule has 0 bridgehead atoms. The molecule has 124 valence electrons. The van der Waals surface area contributed by atoms with Gasteiger partial charge in [0.1, 0.15) is 12.3 Å². The number of aryl methyl sites for hydroxylation is 1. The predicted octanol–water partition coefficient (Wildman–Crippen LogP) is 1.57. The molecule has 1 N–H and O–H groups in total. The standard InChI is InChI=1S/C15H15N5O4/c1-9-7-12(18-24-9)16-13(21)8-19-15(22)20(10-4-5-10)14(17-19)11-3-2-6-23-11/h2-3,6-7,10H,4-5,8H2,1H3,(H,16,18,21). The highest BCUT2D eigenvalue weighted by Gasteiger charge is 2.31. The molecule has 0 atom stereocenters. The van der Waals surface area contributed by atoms with Crippen LogP contribution >= 0.6 is 0 Å². The number of carbonyl (C=O) groups is 1. The van der Waals surface area contributed by atoms with Gasteiger partial charge in [-0.2, -0.15) is 0 Å². The molecule has 1 amide bonds. The normalized spacial score (nSPS) is 14.0. The third-order valence-electron chi connectivity index (χ3n) is 3.71. The maximum absolute atomic E-state index is 12.6. The summed E-state index contributed by atoms with van der Waals surface area (Å²) < 4.78 is 13.0. The molecule has 1 aliphatic carbocycles. The molecule has 1 saturated carbocycles. The molecule has 1 aliphatic rings. The first-order valence-electron chi connectivity index (χ1n) is 7.58. The van der Waals surface area contributed by atoms with Crippen molar-refractivity contribution in [1.29, 1.82) is 0 Å². The second kappa shape index (κ2) is 5.52. The van der Waals surface area contributed by atoms with E-state index in [-0.39, 0.29) is 18.3 Å². The Bertz CT molecular complexity index is 930. The molecule has 3 aromatic heterocycles. The summed E-state index contributed by atoms with van der Waals surface area (Å²) in [6.07, 6.45) is 3.36. The van der Waals surface area contributed by atoms with Crippen molar-refractivity contribution in [3.05, 3.63) is 40.7 Å². The molecule has 9 heteroatoms. The zero-order chi connectivity index (χ0) is 16.7. The number of aromatic nitrogens is 4. The molecule has 24 heavy (non-hydrogen) atoms. The van der Waals surface area contributed by atoms with Crippen molar-refractivity contribution in [1.82, 2.24) is 19.5 Å². The Kier molecular flexibility index (Phi) is 3.33. The van der Waals surface area contributed by atoms with E-state index >= 15 is 0 Å². The van der Waals surface area contributed by atoms with E-state index in [4.69, 9.17) is 8.94 Å². The molecule has 0 spiro atoms. The van der Waals surface area contributed by atoms with Crippen LogP contribution in [0.2, 0.25) is 0 Å². The minimum Gasteiger partial charge on any atom is -0.461 e. The van der Waals surface area contributed by atoms with Gasteiger partial charge in [-0.05, 0) is 31.9 Å². The van der Waals surface area contributed by atoms with E-state index in [1.807, 2.05) is 0 Å². The summed E-state index contributed by atoms with van der Waals surface area (Å²) in [5.74, 6) is 1.43. The molecular formula is C15H15N5O4. The van der Waals surface area contributed by atoms with Crippen LogP contribution < -0.4 is 11.0 Å². The summed E-state index contributed by atoms with van der Waals surface area (Å²) in [6, 6.07) is 5.18. The van der Waals surface area contributed by atoms with Gasteiger partial charge in [0.05, 0.1) is 6.26 Å². The fourth-order valence-electron chi connectivity index (χ4n) is 2.50. The lowest BCUT2D eigenvalue weighted by molar-refractivity contribution is -0.117. The highest BCUT2D eigenvalue weighted by molar-refractivity contribution is 5.89. The Morgan fingerprint density at radius 2 is 2.29 bits per heavy atom. The van der Waals surface area contributed by atoms with Crippen LogP contribution in [0, 0.1) is 6.92 Å². The molecule has 3 heterocycles. The Morgan fingerprint density at radius 1 is 1.46 bits per heavy atom. The first-order chi connectivity index (χ1) is 11.6. The quantitative estimate of drug-likeness (QED) is 0.761. The zero-order valence-corrected chi connectivity index (χ0v) is 12.9. The fraction of sp³-hybridized carbons (Fsp3) is 0.333. The van der Waals surface area contributed by atoms with Crippen LogP contribution in [0.15, 0.2) is 38.2 Å². The van der Waals surface area contributed by atoms with E-state index in [9.17, 15) is 9.59 Å². The van der Waals surface area contributed by atoms with Gasteiger partial charge in [-0.25, -0.2) is 9.48 Å². The van der Waals surface area contributed by atoms with Gasteiger partial charge in [0, 0.05) is 12.1 Å². The highest BCUT2D eigenvalue weighted by Crippen LogP contribution is 2.36. The molecule has 0 aliphatic heterocycles. The van der Waals surface area contributed by atoms with Crippen LogP contribution in [0.1, 0.15) is 24.6 Å². The van der Waals surface area contributed by atoms with E-state index in [1.54, 1.807) is 29.7 Å². The molecule has 1 fully saturated rings. The van der Waals surface area contributed by atoms with Crippen molar-refractivity contribution in [2.45, 2.75) is 32.4 Å². The van der Waals surface area contributed by atoms with Gasteiger partial charge in [-0.1, -0.05) is 5.16 Å². The summed E-state index contributed by atoms with van der Waals surface area (Å²) in [4.78, 5) is 24.7. The highest BCUT2D eigenvalue weighted by atomic mass is 16.5. The monoisotopic (exact) mass is 329 g/mol. The molecule has 3 aromatic rings. The lowest BCUT2D eigenvalue weighted by Crippen LogP contribution is -2.30. The number of furan rings is 1. The van der Waals surface area contributed by atoms with E-state index in [2.05, 4.69) is 15.6 Å². The van der Waals surface area contributed by atoms with Crippen LogP contribution in [0.5, 0.6) is 0 Å². The Labute approximate surface area is 135 Å². The summed E-state index contributed by atoms with van der Waals surface area (Å²) in [6.45, 7) is 1.51. The number of hydrogen-bond acceptors (Lipinski definition) is 6. The molecular weight excluding hydrogens is 314 g/mol. The molecule has 0 unspecified atom stereocenters. The van der Waals surface area contributed by atoms with Crippen molar-refractivity contribution in [2.24, 2.45) is 0 Å². The second-order valence-corrected chi connectivity index (χ2v) is 5.71. The van der Waals surface area contributed by atoms with Crippen LogP contribution in [0.4, 0.5) is 5.82 Å². The lowest BCUT2D eigenvalue weighted by atomic mass is 10.4. The molecule has 4 rings (SSSR count). The number of hydrogen-bond donors (Lipinski definition) is 1. The molecule has 9 nitrogen and oxygen atoms in total. The van der Waals surface area contributed by atoms with Gasteiger partial charge in [0.2, 0.25) is 11.7 Å². The predicted molar refractivity (Wildman–Crippen MR) is 82.3 cm³/mol. The van der Waals surface area contributed by atoms with Crippen LogP contribution in [0.3, 0.4) is 0 Å². The summed E-state index contributed by atoms with van der Waals surface area (Å²) >= 11 is 0. The van der Waals surface area contributed by atoms with Gasteiger partial charge >= 0.3 is 5.69 Å². The summed E-state index contributed by atoms with van der Waals surface area (Å²) in [5, 5.41) is 10.5. The first kappa shape index (κ1) is 14.5. The maximum atomic E-state index is 12.6. The Morgan fingerprint density at radius 3 is 2.92 bits per heavy atom. The average Bonchev–Trinajstić information content (AvgIpc) is 2.95. The van der Waals surface area contributed by atoms with E-state index < -0.39 is 5.91 Å². The van der Waals surface area contributed by atoms with Crippen LogP contribution in [0.25, 0.3) is 11.6 Å². The Hall–Kier alpha value is -3.10. The van der Waals surface area contributed by atoms with Crippen LogP contribution in [-0.2, 0) is 11.3 Å². The van der Waals surface area contributed by atoms with E-state index in [1.165, 1.54) is 6.26 Å². The van der Waals surface area contributed by atoms with Crippen molar-refractivity contribution in [2.75, 3.05) is 5.32 Å². The fourth-order valence-corrected chi connectivity index (χ4v) is 2.50. The third-order valence-corrected chi connectivity index (χ3v) is 3.71. The van der Waals surface area contributed by atoms with Gasteiger partial charge in [-0.3, -0.25) is 9.36 Å². The number of rotatable bonds is 5. The zero-order valence-electron chi connectivity index (χ0n) is 12.9. The van der Waals surface area contributed by atoms with Gasteiger partial charge in [0.15, 0.2) is 11.6 Å². The molecule has 0 radical (unpaired) electrons. The van der Waals surface area contributed by atoms with E-state index in [0.717, 1.165) is 17.5 Å². The van der Waals surface area contributed by atoms with Crippen molar-refractivity contribution in [3.8, 4) is 11.6 Å². The number of nitrogens with zero attached hydrogens (tertiary/aromatic N) is 4. The maximum Gasteiger partial charge on any atom is 0.347 e. The smallest absolute Gasteiger partial charge is 0.347 e. The van der Waals surface area contributed by atoms with Crippen molar-refractivity contribution in [3.63, 3.8) is 0 Å². The third kappa shape index (κ3) is 2.64. The van der Waals surface area contributed by atoms with Crippen LogP contribution in [-0.4, -0.2) is 25.4 Å². The minimum absolute atomic E-state index is 0.118. The second-order valence-electron chi connectivity index (χ2n) is 5.71. The minimum atomic E-state index is -0.406. The topological polar surface area (TPSA) is 108 Å². The van der Waals surface area contributed by atoms with Gasteiger partial charge in [-0.15, -0.1) is 5.10 Å². The number of anilines is 1. The van der Waals surface area contributed by atoms with Crippen molar-refractivity contribution < 1.29 is 13.7 Å². The number of amides is 1. The van der Waals surface area contributed by atoms with Gasteiger partial charge in [0.25, 0.3) is 0 Å². The summed E-state index contributed by atoms with van der Waals surface area (Å²) in [5.41, 5.74) is -0.324. The largest absolute Gasteiger partial charge is 0.461 e. The van der Waals surface area contributed by atoms with Gasteiger partial charge < -0.3 is 14.3 Å². The summed E-state index contributed by atoms with van der Waals surface area (Å²) in [7, 11) is 0.